The van der Waals surface area contributed by atoms with Gasteiger partial charge in [0.25, 0.3) is 0 Å². The van der Waals surface area contributed by atoms with Crippen LogP contribution in [0, 0.1) is 11.6 Å². The fourth-order valence-electron chi connectivity index (χ4n) is 4.69. The number of piperidine rings is 1. The number of halogens is 3. The maximum absolute atomic E-state index is 14.8. The Morgan fingerprint density at radius 1 is 1.18 bits per heavy atom. The Morgan fingerprint density at radius 2 is 1.88 bits per heavy atom. The number of likely N-dealkylation sites (tertiary alicyclic amines) is 1. The largest absolute Gasteiger partial charge is 0.381 e. The molecule has 2 aromatic carbocycles. The third-order valence-electron chi connectivity index (χ3n) is 6.79. The number of hydrogen-bond acceptors (Lipinski definition) is 5. The van der Waals surface area contributed by atoms with Gasteiger partial charge in [-0.1, -0.05) is 22.0 Å². The monoisotopic (exact) mass is 519 g/mol. The molecule has 1 fully saturated rings. The molecule has 1 aliphatic rings. The highest BCUT2D eigenvalue weighted by molar-refractivity contribution is 9.10. The van der Waals surface area contributed by atoms with E-state index in [1.54, 1.807) is 0 Å². The smallest absolute Gasteiger partial charge is 0.137 e. The number of rotatable bonds is 7. The third kappa shape index (κ3) is 5.10. The first-order valence-corrected chi connectivity index (χ1v) is 11.8. The van der Waals surface area contributed by atoms with Crippen LogP contribution in [0.15, 0.2) is 59.6 Å². The van der Waals surface area contributed by atoms with Crippen LogP contribution in [0.25, 0.3) is 0 Å². The molecule has 0 unspecified atom stereocenters. The molecule has 1 saturated heterocycles. The Hall–Kier alpha value is -2.36. The summed E-state index contributed by atoms with van der Waals surface area (Å²) >= 11 is 3.48. The van der Waals surface area contributed by atoms with E-state index in [9.17, 15) is 13.9 Å². The fraction of sp³-hybridized carbons (Fsp3) is 0.417. The highest BCUT2D eigenvalue weighted by Gasteiger charge is 2.43. The molecule has 0 spiro atoms. The van der Waals surface area contributed by atoms with Crippen LogP contribution in [0.2, 0.25) is 0 Å². The first kappa shape index (κ1) is 23.8. The third-order valence-corrected chi connectivity index (χ3v) is 7.32. The minimum atomic E-state index is -1.62. The number of nitrogens with zero attached hydrogens (tertiary/aromatic N) is 5. The van der Waals surface area contributed by atoms with Crippen molar-refractivity contribution in [1.82, 2.24) is 19.7 Å². The zero-order valence-electron chi connectivity index (χ0n) is 18.7. The quantitative estimate of drug-likeness (QED) is 0.507. The number of hydrogen-bond donors (Lipinski definition) is 1. The van der Waals surface area contributed by atoms with Gasteiger partial charge in [0.2, 0.25) is 0 Å². The van der Waals surface area contributed by atoms with Crippen molar-refractivity contribution >= 4 is 21.6 Å². The molecule has 176 valence electrons. The average molecular weight is 520 g/mol. The SMILES string of the molecule is C[C@@H](N1CCC(N(C)c2ccc(Br)cc2)CC1)[C@](O)(Cn1cncn1)c1ccc(F)cc1F. The second-order valence-electron chi connectivity index (χ2n) is 8.67. The van der Waals surface area contributed by atoms with Crippen LogP contribution in [0.1, 0.15) is 25.3 Å². The zero-order valence-corrected chi connectivity index (χ0v) is 20.3. The summed E-state index contributed by atoms with van der Waals surface area (Å²) < 4.78 is 30.9. The van der Waals surface area contributed by atoms with E-state index in [4.69, 9.17) is 0 Å². The molecule has 0 saturated carbocycles. The number of benzene rings is 2. The first-order valence-electron chi connectivity index (χ1n) is 11.0. The predicted octanol–water partition coefficient (Wildman–Crippen LogP) is 4.20. The Balaban J connectivity index is 1.52. The van der Waals surface area contributed by atoms with Crippen LogP contribution in [0.4, 0.5) is 14.5 Å². The Bertz CT molecular complexity index is 1060. The van der Waals surface area contributed by atoms with Crippen molar-refractivity contribution in [3.63, 3.8) is 0 Å². The van der Waals surface area contributed by atoms with Crippen LogP contribution < -0.4 is 4.90 Å². The summed E-state index contributed by atoms with van der Waals surface area (Å²) in [5.41, 5.74) is -0.405. The van der Waals surface area contributed by atoms with E-state index >= 15 is 0 Å². The molecule has 0 amide bonds. The topological polar surface area (TPSA) is 57.4 Å². The van der Waals surface area contributed by atoms with Crippen molar-refractivity contribution in [2.75, 3.05) is 25.0 Å². The minimum absolute atomic E-state index is 0.00937. The van der Waals surface area contributed by atoms with Crippen molar-refractivity contribution in [2.24, 2.45) is 0 Å². The van der Waals surface area contributed by atoms with E-state index in [0.717, 1.165) is 42.2 Å². The van der Waals surface area contributed by atoms with Gasteiger partial charge in [0, 0.05) is 54.0 Å². The lowest BCUT2D eigenvalue weighted by Crippen LogP contribution is -2.55. The van der Waals surface area contributed by atoms with Gasteiger partial charge in [-0.15, -0.1) is 0 Å². The second-order valence-corrected chi connectivity index (χ2v) is 9.59. The summed E-state index contributed by atoms with van der Waals surface area (Å²) in [6.45, 7) is 3.39. The average Bonchev–Trinajstić information content (AvgIpc) is 3.31. The van der Waals surface area contributed by atoms with Crippen LogP contribution in [0.3, 0.4) is 0 Å². The van der Waals surface area contributed by atoms with Gasteiger partial charge in [0.05, 0.1) is 6.54 Å². The van der Waals surface area contributed by atoms with Gasteiger partial charge in [-0.05, 0) is 50.1 Å². The lowest BCUT2D eigenvalue weighted by molar-refractivity contribution is -0.0690. The normalized spacial score (nSPS) is 18.1. The molecular formula is C24H28BrF2N5O. The molecule has 2 heterocycles. The summed E-state index contributed by atoms with van der Waals surface area (Å²) in [5.74, 6) is -1.45. The van der Waals surface area contributed by atoms with Crippen LogP contribution in [0.5, 0.6) is 0 Å². The maximum Gasteiger partial charge on any atom is 0.137 e. The molecule has 1 N–H and O–H groups in total. The zero-order chi connectivity index (χ0) is 23.6. The standard InChI is InChI=1S/C24H28BrF2N5O/c1-17(31-11-9-21(10-12-31)30(2)20-6-3-18(25)4-7-20)24(33,14-32-16-28-15-29-32)22-8-5-19(26)13-23(22)27/h3-8,13,15-17,21,33H,9-12,14H2,1-2H3/t17-,24-/m1/s1. The summed E-state index contributed by atoms with van der Waals surface area (Å²) in [5, 5.41) is 15.9. The highest BCUT2D eigenvalue weighted by atomic mass is 79.9. The molecule has 0 bridgehead atoms. The van der Waals surface area contributed by atoms with Gasteiger partial charge in [-0.3, -0.25) is 4.90 Å². The van der Waals surface area contributed by atoms with E-state index in [-0.39, 0.29) is 12.1 Å². The molecule has 3 aromatic rings. The lowest BCUT2D eigenvalue weighted by atomic mass is 9.84. The van der Waals surface area contributed by atoms with E-state index in [0.29, 0.717) is 6.04 Å². The van der Waals surface area contributed by atoms with Gasteiger partial charge in [-0.2, -0.15) is 5.10 Å². The molecule has 4 rings (SSSR count). The Labute approximate surface area is 201 Å². The van der Waals surface area contributed by atoms with Crippen molar-refractivity contribution < 1.29 is 13.9 Å². The van der Waals surface area contributed by atoms with Crippen LogP contribution >= 0.6 is 15.9 Å². The van der Waals surface area contributed by atoms with Gasteiger partial charge in [0.15, 0.2) is 0 Å². The first-order chi connectivity index (χ1) is 15.8. The maximum atomic E-state index is 14.8. The highest BCUT2D eigenvalue weighted by Crippen LogP contribution is 2.34. The lowest BCUT2D eigenvalue weighted by Gasteiger charge is -2.45. The van der Waals surface area contributed by atoms with Gasteiger partial charge >= 0.3 is 0 Å². The van der Waals surface area contributed by atoms with Crippen molar-refractivity contribution in [3.8, 4) is 0 Å². The molecule has 0 aliphatic carbocycles. The van der Waals surface area contributed by atoms with Crippen molar-refractivity contribution in [1.29, 1.82) is 0 Å². The summed E-state index contributed by atoms with van der Waals surface area (Å²) in [6, 6.07) is 11.5. The van der Waals surface area contributed by atoms with E-state index < -0.39 is 23.3 Å². The van der Waals surface area contributed by atoms with Gasteiger partial charge < -0.3 is 10.0 Å². The molecular weight excluding hydrogens is 492 g/mol. The van der Waals surface area contributed by atoms with Crippen molar-refractivity contribution in [2.45, 2.75) is 44.0 Å². The molecule has 1 aliphatic heterocycles. The number of anilines is 1. The summed E-state index contributed by atoms with van der Waals surface area (Å²) in [6.07, 6.45) is 4.67. The van der Waals surface area contributed by atoms with Crippen molar-refractivity contribution in [3.05, 3.63) is 76.8 Å². The Morgan fingerprint density at radius 3 is 2.48 bits per heavy atom. The molecule has 1 aromatic heterocycles. The molecule has 0 radical (unpaired) electrons. The van der Waals surface area contributed by atoms with E-state index in [2.05, 4.69) is 55.0 Å². The molecule has 9 heteroatoms. The number of aliphatic hydroxyl groups is 1. The van der Waals surface area contributed by atoms with Gasteiger partial charge in [0.1, 0.15) is 29.9 Å². The Kier molecular flexibility index (Phi) is 7.11. The van der Waals surface area contributed by atoms with Crippen LogP contribution in [-0.2, 0) is 12.1 Å². The molecule has 33 heavy (non-hydrogen) atoms. The minimum Gasteiger partial charge on any atom is -0.381 e. The predicted molar refractivity (Wildman–Crippen MR) is 127 cm³/mol. The number of aromatic nitrogens is 3. The van der Waals surface area contributed by atoms with E-state index in [1.807, 2.05) is 19.1 Å². The van der Waals surface area contributed by atoms with Crippen LogP contribution in [-0.4, -0.2) is 57.0 Å². The summed E-state index contributed by atoms with van der Waals surface area (Å²) in [7, 11) is 2.10. The second kappa shape index (κ2) is 9.87. The van der Waals surface area contributed by atoms with E-state index in [1.165, 1.54) is 29.5 Å². The molecule has 6 nitrogen and oxygen atoms in total. The van der Waals surface area contributed by atoms with Gasteiger partial charge in [-0.25, -0.2) is 18.4 Å². The fourth-order valence-corrected chi connectivity index (χ4v) is 4.96. The summed E-state index contributed by atoms with van der Waals surface area (Å²) in [4.78, 5) is 8.40. The molecule has 2 atom stereocenters.